The summed E-state index contributed by atoms with van der Waals surface area (Å²) in [6.45, 7) is 0.00945. The molecular weight excluding hydrogens is 843 g/mol. The first-order valence-electron chi connectivity index (χ1n) is 24.0. The number of aromatic nitrogens is 3. The van der Waals surface area contributed by atoms with Gasteiger partial charge in [0.05, 0.1) is 33.1 Å². The van der Waals surface area contributed by atoms with E-state index in [0.717, 1.165) is 34.5 Å². The van der Waals surface area contributed by atoms with E-state index in [4.69, 9.17) is 14.2 Å². The number of nitrogens with zero attached hydrogens (tertiary/aromatic N) is 3. The minimum atomic E-state index is -0.00133. The van der Waals surface area contributed by atoms with E-state index in [-0.39, 0.29) is 20.1 Å². The number of rotatable bonds is 0. The van der Waals surface area contributed by atoms with Gasteiger partial charge in [-0.25, -0.2) is 0 Å². The molecule has 10 aromatic carbocycles. The minimum Gasteiger partial charge on any atom is -0.458 e. The molecule has 0 aliphatic carbocycles. The Balaban J connectivity index is 1.12. The van der Waals surface area contributed by atoms with Crippen molar-refractivity contribution in [3.8, 4) is 51.6 Å². The van der Waals surface area contributed by atoms with Gasteiger partial charge in [0.15, 0.2) is 0 Å². The molecule has 19 rings (SSSR count). The normalized spacial score (nSPS) is 14.3. The standard InChI is InChI=1S/C60H30B3N3O3/c1-7-19-40-34(13-1)61-37-16-4-10-22-43(37)67-46-28-25-31-49-50-32-26-29-47-53-56(32)65(41-20-8-2-14-35(41)62(53)38-17-5-11-23-44(38)68-47)59(50)60-51(58(49)64(40)55(31)52(46)61)33-27-30-48-54-57(33)66(60)42-21-9-3-15-36(42)63(54)39-18-6-12-24-45(39)69-48/h1-30H. The second-order valence-corrected chi connectivity index (χ2v) is 19.7. The maximum atomic E-state index is 6.95. The smallest absolute Gasteiger partial charge is 0.256 e. The van der Waals surface area contributed by atoms with Crippen molar-refractivity contribution in [3.63, 3.8) is 0 Å². The molecular formula is C60H30B3N3O3. The van der Waals surface area contributed by atoms with Crippen LogP contribution in [0.5, 0.6) is 34.5 Å². The Bertz CT molecular complexity index is 4700. The predicted octanol–water partition coefficient (Wildman–Crippen LogP) is 7.78. The first-order chi connectivity index (χ1) is 34.3. The molecule has 3 aromatic heterocycles. The summed E-state index contributed by atoms with van der Waals surface area (Å²) in [5.41, 5.74) is 21.9. The van der Waals surface area contributed by atoms with Crippen molar-refractivity contribution >= 4 is 135 Å². The Kier molecular flexibility index (Phi) is 5.74. The van der Waals surface area contributed by atoms with Crippen molar-refractivity contribution in [3.05, 3.63) is 182 Å². The first kappa shape index (κ1) is 34.5. The minimum absolute atomic E-state index is 0.00133. The van der Waals surface area contributed by atoms with E-state index in [1.54, 1.807) is 0 Å². The van der Waals surface area contributed by atoms with Crippen LogP contribution in [0.3, 0.4) is 0 Å². The highest BCUT2D eigenvalue weighted by molar-refractivity contribution is 7.01. The fourth-order valence-corrected chi connectivity index (χ4v) is 14.4. The topological polar surface area (TPSA) is 42.5 Å². The molecule has 0 N–H and O–H groups in total. The lowest BCUT2D eigenvalue weighted by atomic mass is 9.34. The van der Waals surface area contributed by atoms with Crippen molar-refractivity contribution in [2.75, 3.05) is 0 Å². The van der Waals surface area contributed by atoms with Gasteiger partial charge in [-0.05, 0) is 122 Å². The van der Waals surface area contributed by atoms with Gasteiger partial charge < -0.3 is 27.9 Å². The van der Waals surface area contributed by atoms with E-state index in [9.17, 15) is 0 Å². The summed E-state index contributed by atoms with van der Waals surface area (Å²) < 4.78 is 28.7. The Morgan fingerprint density at radius 2 is 0.551 bits per heavy atom. The monoisotopic (exact) mass is 873 g/mol. The Hall–Kier alpha value is -8.81. The van der Waals surface area contributed by atoms with Gasteiger partial charge in [0.25, 0.3) is 20.1 Å². The first-order valence-corrected chi connectivity index (χ1v) is 24.0. The lowest BCUT2D eigenvalue weighted by Crippen LogP contribution is -2.58. The number of para-hydroxylation sites is 6. The zero-order chi connectivity index (χ0) is 44.1. The molecule has 0 saturated heterocycles. The quantitative estimate of drug-likeness (QED) is 0.146. The van der Waals surface area contributed by atoms with Crippen LogP contribution in [0, 0.1) is 0 Å². The average molecular weight is 873 g/mol. The maximum Gasteiger partial charge on any atom is 0.256 e. The number of hydrogen-bond donors (Lipinski definition) is 0. The van der Waals surface area contributed by atoms with Crippen LogP contribution in [0.4, 0.5) is 0 Å². The highest BCUT2D eigenvalue weighted by Gasteiger charge is 2.46. The molecule has 6 aliphatic heterocycles. The molecule has 13 aromatic rings. The SMILES string of the molecule is c1ccc2c(c1)Oc1ccc3c4c5c6ccc7c8c6n(c5c5c(c6ccc9c%10c6n5-c5ccccc5B%10c5ccccc5O9)c4n4c3c1B2c1ccccc1-4)-c1ccccc1B8c1ccccc1O7. The number of hydrogen-bond acceptors (Lipinski definition) is 3. The van der Waals surface area contributed by atoms with Crippen LogP contribution in [0.2, 0.25) is 0 Å². The molecule has 69 heavy (non-hydrogen) atoms. The van der Waals surface area contributed by atoms with Crippen LogP contribution in [-0.4, -0.2) is 33.8 Å². The molecule has 9 heteroatoms. The van der Waals surface area contributed by atoms with Crippen LogP contribution < -0.4 is 63.4 Å². The Morgan fingerprint density at radius 3 is 0.957 bits per heavy atom. The van der Waals surface area contributed by atoms with Gasteiger partial charge in [-0.2, -0.15) is 0 Å². The van der Waals surface area contributed by atoms with Crippen molar-refractivity contribution in [1.29, 1.82) is 0 Å². The third-order valence-corrected chi connectivity index (χ3v) is 16.8. The van der Waals surface area contributed by atoms with Crippen LogP contribution >= 0.6 is 0 Å². The molecule has 0 saturated carbocycles. The summed E-state index contributed by atoms with van der Waals surface area (Å²) in [6.07, 6.45) is 0. The average Bonchev–Trinajstić information content (AvgIpc) is 4.06. The molecule has 312 valence electrons. The Labute approximate surface area is 394 Å². The number of ether oxygens (including phenoxy) is 3. The molecule has 0 spiro atoms. The van der Waals surface area contributed by atoms with Crippen molar-refractivity contribution < 1.29 is 14.2 Å². The van der Waals surface area contributed by atoms with Crippen LogP contribution in [0.1, 0.15) is 0 Å². The fraction of sp³-hybridized carbons (Fsp3) is 0. The lowest BCUT2D eigenvalue weighted by molar-refractivity contribution is 0.487. The molecule has 0 atom stereocenters. The van der Waals surface area contributed by atoms with E-state index in [1.165, 1.54) is 132 Å². The van der Waals surface area contributed by atoms with Crippen molar-refractivity contribution in [1.82, 2.24) is 13.7 Å². The van der Waals surface area contributed by atoms with E-state index in [0.29, 0.717) is 0 Å². The third kappa shape index (κ3) is 3.72. The fourth-order valence-electron chi connectivity index (χ4n) is 14.4. The van der Waals surface area contributed by atoms with Crippen LogP contribution in [-0.2, 0) is 0 Å². The predicted molar refractivity (Wildman–Crippen MR) is 283 cm³/mol. The van der Waals surface area contributed by atoms with Crippen molar-refractivity contribution in [2.45, 2.75) is 0 Å². The maximum absolute atomic E-state index is 6.95. The van der Waals surface area contributed by atoms with Gasteiger partial charge in [0.2, 0.25) is 0 Å². The van der Waals surface area contributed by atoms with Gasteiger partial charge in [0, 0.05) is 49.4 Å². The number of benzene rings is 10. The summed E-state index contributed by atoms with van der Waals surface area (Å²) in [5.74, 6) is 5.51. The lowest BCUT2D eigenvalue weighted by Gasteiger charge is -2.33. The van der Waals surface area contributed by atoms with E-state index < -0.39 is 0 Å². The largest absolute Gasteiger partial charge is 0.458 e. The Morgan fingerprint density at radius 1 is 0.246 bits per heavy atom. The summed E-state index contributed by atoms with van der Waals surface area (Å²) in [6, 6.07) is 67.0. The van der Waals surface area contributed by atoms with Gasteiger partial charge in [-0.1, -0.05) is 109 Å². The van der Waals surface area contributed by atoms with Gasteiger partial charge >= 0.3 is 0 Å². The third-order valence-electron chi connectivity index (χ3n) is 16.8. The molecule has 9 heterocycles. The molecule has 0 unspecified atom stereocenters. The summed E-state index contributed by atoms with van der Waals surface area (Å²) >= 11 is 0. The van der Waals surface area contributed by atoms with Crippen LogP contribution in [0.25, 0.3) is 82.5 Å². The summed E-state index contributed by atoms with van der Waals surface area (Å²) in [5, 5.41) is 7.39. The van der Waals surface area contributed by atoms with Crippen LogP contribution in [0.15, 0.2) is 182 Å². The molecule has 0 radical (unpaired) electrons. The van der Waals surface area contributed by atoms with E-state index >= 15 is 0 Å². The second-order valence-electron chi connectivity index (χ2n) is 19.7. The van der Waals surface area contributed by atoms with Gasteiger partial charge in [0.1, 0.15) is 34.5 Å². The van der Waals surface area contributed by atoms with Crippen molar-refractivity contribution in [2.24, 2.45) is 0 Å². The molecule has 6 aliphatic rings. The summed E-state index contributed by atoms with van der Waals surface area (Å²) in [4.78, 5) is 0. The van der Waals surface area contributed by atoms with E-state index in [1.807, 2.05) is 0 Å². The second kappa shape index (κ2) is 11.5. The molecule has 0 fully saturated rings. The highest BCUT2D eigenvalue weighted by Crippen LogP contribution is 2.53. The summed E-state index contributed by atoms with van der Waals surface area (Å²) in [7, 11) is 0. The zero-order valence-corrected chi connectivity index (χ0v) is 36.6. The van der Waals surface area contributed by atoms with Gasteiger partial charge in [-0.15, -0.1) is 0 Å². The zero-order valence-electron chi connectivity index (χ0n) is 36.6. The molecule has 6 nitrogen and oxygen atoms in total. The van der Waals surface area contributed by atoms with Gasteiger partial charge in [-0.3, -0.25) is 0 Å². The highest BCUT2D eigenvalue weighted by atomic mass is 16.5. The molecule has 0 amide bonds. The van der Waals surface area contributed by atoms with E-state index in [2.05, 4.69) is 196 Å². The molecule has 0 bridgehead atoms. The number of fused-ring (bicyclic) bond motifs is 27.